The molecule has 1 saturated heterocycles. The van der Waals surface area contributed by atoms with Gasteiger partial charge in [0.15, 0.2) is 6.10 Å². The topological polar surface area (TPSA) is 55.8 Å². The van der Waals surface area contributed by atoms with Gasteiger partial charge in [0.1, 0.15) is 0 Å². The average molecular weight is 354 g/mol. The molecule has 0 radical (unpaired) electrons. The molecule has 0 saturated carbocycles. The van der Waals surface area contributed by atoms with Crippen molar-refractivity contribution in [1.82, 2.24) is 4.90 Å². The number of nitrogens with one attached hydrogen (secondary N) is 1. The van der Waals surface area contributed by atoms with Crippen molar-refractivity contribution in [3.8, 4) is 0 Å². The van der Waals surface area contributed by atoms with Crippen LogP contribution in [0.5, 0.6) is 0 Å². The third-order valence-corrected chi connectivity index (χ3v) is 5.13. The first kappa shape index (κ1) is 14.8. The Kier molecular flexibility index (Phi) is 3.71. The van der Waals surface area contributed by atoms with E-state index in [4.69, 9.17) is 0 Å². The highest BCUT2D eigenvalue weighted by Gasteiger charge is 2.34. The zero-order valence-electron chi connectivity index (χ0n) is 12.4. The van der Waals surface area contributed by atoms with Crippen molar-refractivity contribution in [2.75, 3.05) is 37.4 Å². The van der Waals surface area contributed by atoms with Crippen LogP contribution < -0.4 is 10.2 Å². The van der Waals surface area contributed by atoms with E-state index in [1.165, 1.54) is 0 Å². The number of aliphatic hydroxyl groups is 1. The number of nitrogens with zero attached hydrogens (tertiary/aromatic N) is 2. The molecule has 0 aliphatic carbocycles. The number of benzene rings is 1. The van der Waals surface area contributed by atoms with E-state index in [2.05, 4.69) is 52.1 Å². The Balaban J connectivity index is 1.91. The van der Waals surface area contributed by atoms with Crippen molar-refractivity contribution in [3.63, 3.8) is 0 Å². The van der Waals surface area contributed by atoms with Crippen molar-refractivity contribution in [1.29, 1.82) is 0 Å². The molecule has 114 valence electrons. The molecule has 1 aromatic carbocycles. The van der Waals surface area contributed by atoms with E-state index in [0.29, 0.717) is 23.2 Å². The van der Waals surface area contributed by atoms with Crippen LogP contribution in [0.15, 0.2) is 16.6 Å². The van der Waals surface area contributed by atoms with Crippen molar-refractivity contribution in [3.05, 3.63) is 22.2 Å². The Bertz CT molecular complexity index is 591. The van der Waals surface area contributed by atoms with Gasteiger partial charge in [-0.25, -0.2) is 0 Å². The van der Waals surface area contributed by atoms with Gasteiger partial charge in [0.25, 0.3) is 5.91 Å². The van der Waals surface area contributed by atoms with E-state index in [-0.39, 0.29) is 5.91 Å². The van der Waals surface area contributed by atoms with Crippen LogP contribution in [0.2, 0.25) is 0 Å². The van der Waals surface area contributed by atoms with Crippen molar-refractivity contribution >= 4 is 33.2 Å². The fourth-order valence-electron chi connectivity index (χ4n) is 3.31. The Hall–Kier alpha value is -1.11. The van der Waals surface area contributed by atoms with Crippen LogP contribution in [0.25, 0.3) is 0 Å². The van der Waals surface area contributed by atoms with Crippen molar-refractivity contribution in [2.24, 2.45) is 5.92 Å². The number of amides is 1. The Morgan fingerprint density at radius 1 is 1.38 bits per heavy atom. The van der Waals surface area contributed by atoms with Gasteiger partial charge < -0.3 is 20.2 Å². The first-order valence-electron chi connectivity index (χ1n) is 7.12. The first-order chi connectivity index (χ1) is 9.88. The van der Waals surface area contributed by atoms with Crippen LogP contribution in [-0.2, 0) is 4.79 Å². The van der Waals surface area contributed by atoms with Crippen molar-refractivity contribution < 1.29 is 9.90 Å². The van der Waals surface area contributed by atoms with Gasteiger partial charge in [0.2, 0.25) is 0 Å². The van der Waals surface area contributed by atoms with E-state index >= 15 is 0 Å². The molecule has 2 heterocycles. The summed E-state index contributed by atoms with van der Waals surface area (Å²) in [7, 11) is 4.22. The molecule has 5 nitrogen and oxygen atoms in total. The number of halogens is 1. The third-order valence-electron chi connectivity index (χ3n) is 4.50. The molecular formula is C15H20BrN3O2. The first-order valence-corrected chi connectivity index (χ1v) is 7.91. The lowest BCUT2D eigenvalue weighted by atomic mass is 10.1. The molecule has 0 spiro atoms. The van der Waals surface area contributed by atoms with Gasteiger partial charge in [-0.05, 0) is 48.1 Å². The monoisotopic (exact) mass is 353 g/mol. The average Bonchev–Trinajstić information content (AvgIpc) is 2.92. The Morgan fingerprint density at radius 2 is 2.10 bits per heavy atom. The van der Waals surface area contributed by atoms with E-state index in [1.807, 2.05) is 12.1 Å². The Labute approximate surface area is 133 Å². The van der Waals surface area contributed by atoms with Gasteiger partial charge in [0.05, 0.1) is 5.69 Å². The second-order valence-electron chi connectivity index (χ2n) is 6.20. The molecule has 6 heteroatoms. The molecule has 1 fully saturated rings. The summed E-state index contributed by atoms with van der Waals surface area (Å²) in [5.41, 5.74) is 2.43. The highest BCUT2D eigenvalue weighted by atomic mass is 79.9. The Morgan fingerprint density at radius 3 is 2.71 bits per heavy atom. The van der Waals surface area contributed by atoms with Crippen LogP contribution in [-0.4, -0.2) is 49.1 Å². The summed E-state index contributed by atoms with van der Waals surface area (Å²) < 4.78 is 0.920. The van der Waals surface area contributed by atoms with Gasteiger partial charge >= 0.3 is 0 Å². The number of fused-ring (bicyclic) bond motifs is 1. The fraction of sp³-hybridized carbons (Fsp3) is 0.533. The zero-order valence-corrected chi connectivity index (χ0v) is 14.0. The van der Waals surface area contributed by atoms with Gasteiger partial charge in [-0.3, -0.25) is 4.79 Å². The number of aliphatic hydroxyl groups excluding tert-OH is 1. The number of likely N-dealkylation sites (N-methyl/N-ethyl adjacent to an activating group) is 1. The summed E-state index contributed by atoms with van der Waals surface area (Å²) in [6.07, 6.45) is -1.06. The molecule has 1 amide bonds. The molecule has 3 rings (SSSR count). The molecule has 3 unspecified atom stereocenters. The number of hydrogen-bond donors (Lipinski definition) is 2. The highest BCUT2D eigenvalue weighted by Crippen LogP contribution is 2.40. The minimum atomic E-state index is -1.06. The largest absolute Gasteiger partial charge is 0.378 e. The quantitative estimate of drug-likeness (QED) is 0.851. The van der Waals surface area contributed by atoms with Gasteiger partial charge in [-0.2, -0.15) is 0 Å². The smallest absolute Gasteiger partial charge is 0.257 e. The van der Waals surface area contributed by atoms with Crippen LogP contribution >= 0.6 is 15.9 Å². The summed E-state index contributed by atoms with van der Waals surface area (Å²) in [5, 5.41) is 12.6. The van der Waals surface area contributed by atoms with E-state index < -0.39 is 6.10 Å². The second kappa shape index (κ2) is 5.26. The molecule has 3 atom stereocenters. The fourth-order valence-corrected chi connectivity index (χ4v) is 3.93. The standard InChI is InChI=1S/C15H20BrN3O2/c1-8-6-19(7-13(8)18(2)3)12-5-11-9(4-10(12)16)14(20)15(21)17-11/h4-5,8,13-14,20H,6-7H2,1-3H3,(H,17,21). The summed E-state index contributed by atoms with van der Waals surface area (Å²) in [6.45, 7) is 4.20. The van der Waals surface area contributed by atoms with Gasteiger partial charge in [-0.1, -0.05) is 6.92 Å². The maximum atomic E-state index is 11.6. The van der Waals surface area contributed by atoms with E-state index in [9.17, 15) is 9.90 Å². The van der Waals surface area contributed by atoms with Crippen LogP contribution in [0.1, 0.15) is 18.6 Å². The predicted octanol–water partition coefficient (Wildman–Crippen LogP) is 1.82. The highest BCUT2D eigenvalue weighted by molar-refractivity contribution is 9.10. The maximum absolute atomic E-state index is 11.6. The molecule has 2 N–H and O–H groups in total. The van der Waals surface area contributed by atoms with Crippen LogP contribution in [0, 0.1) is 5.92 Å². The minimum absolute atomic E-state index is 0.352. The van der Waals surface area contributed by atoms with Gasteiger partial charge in [0, 0.05) is 34.9 Å². The molecule has 0 aromatic heterocycles. The lowest BCUT2D eigenvalue weighted by molar-refractivity contribution is -0.123. The zero-order chi connectivity index (χ0) is 15.3. The van der Waals surface area contributed by atoms with Crippen LogP contribution in [0.4, 0.5) is 11.4 Å². The lowest BCUT2D eigenvalue weighted by Crippen LogP contribution is -2.34. The van der Waals surface area contributed by atoms with Crippen LogP contribution in [0.3, 0.4) is 0 Å². The summed E-state index contributed by atoms with van der Waals surface area (Å²) in [6, 6.07) is 4.32. The van der Waals surface area contributed by atoms with E-state index in [1.54, 1.807) is 0 Å². The molecular weight excluding hydrogens is 334 g/mol. The summed E-state index contributed by atoms with van der Waals surface area (Å²) in [4.78, 5) is 16.2. The normalized spacial score (nSPS) is 28.2. The summed E-state index contributed by atoms with van der Waals surface area (Å²) in [5.74, 6) is 0.232. The number of carbonyl (C=O) groups excluding carboxylic acids is 1. The molecule has 2 aliphatic rings. The molecule has 2 aliphatic heterocycles. The van der Waals surface area contributed by atoms with E-state index in [0.717, 1.165) is 23.2 Å². The SMILES string of the molecule is CC1CN(c2cc3c(cc2Br)C(O)C(=O)N3)CC1N(C)C. The number of carbonyl (C=O) groups is 1. The molecule has 0 bridgehead atoms. The number of hydrogen-bond acceptors (Lipinski definition) is 4. The van der Waals surface area contributed by atoms with Crippen molar-refractivity contribution in [2.45, 2.75) is 19.1 Å². The molecule has 1 aromatic rings. The third kappa shape index (κ3) is 2.45. The number of rotatable bonds is 2. The van der Waals surface area contributed by atoms with Gasteiger partial charge in [-0.15, -0.1) is 0 Å². The second-order valence-corrected chi connectivity index (χ2v) is 7.05. The predicted molar refractivity (Wildman–Crippen MR) is 86.6 cm³/mol. The minimum Gasteiger partial charge on any atom is -0.378 e. The molecule has 21 heavy (non-hydrogen) atoms. The maximum Gasteiger partial charge on any atom is 0.257 e. The number of anilines is 2. The lowest BCUT2D eigenvalue weighted by Gasteiger charge is -2.24. The summed E-state index contributed by atoms with van der Waals surface area (Å²) >= 11 is 3.58.